The molecule has 1 atom stereocenters. The maximum Gasteiger partial charge on any atom is 0.416 e. The van der Waals surface area contributed by atoms with Crippen molar-refractivity contribution in [3.8, 4) is 11.5 Å². The van der Waals surface area contributed by atoms with E-state index in [-0.39, 0.29) is 36.7 Å². The van der Waals surface area contributed by atoms with Crippen molar-refractivity contribution in [2.45, 2.75) is 35.9 Å². The van der Waals surface area contributed by atoms with Gasteiger partial charge in [0.25, 0.3) is 10.0 Å². The highest BCUT2D eigenvalue weighted by Crippen LogP contribution is 2.45. The molecule has 1 N–H and O–H groups in total. The van der Waals surface area contributed by atoms with E-state index in [1.54, 1.807) is 19.2 Å². The molecule has 0 spiro atoms. The molecule has 1 fully saturated rings. The summed E-state index contributed by atoms with van der Waals surface area (Å²) in [7, 11) is -2.85. The van der Waals surface area contributed by atoms with E-state index in [0.717, 1.165) is 50.3 Å². The first-order valence-corrected chi connectivity index (χ1v) is 15.4. The number of hydrogen-bond donors (Lipinski definition) is 1. The average molecular weight is 627 g/mol. The Morgan fingerprint density at radius 2 is 1.77 bits per heavy atom. The number of anilines is 2. The minimum Gasteiger partial charge on any atom is -0.495 e. The lowest BCUT2D eigenvalue weighted by Gasteiger charge is -2.43. The number of carboxylic acids is 1. The number of nitrogens with zero attached hydrogens (tertiary/aromatic N) is 2. The Balaban J connectivity index is 1.33. The Hall–Kier alpha value is -4.45. The van der Waals surface area contributed by atoms with Gasteiger partial charge in [-0.15, -0.1) is 0 Å². The van der Waals surface area contributed by atoms with E-state index in [1.165, 1.54) is 0 Å². The number of carbonyl (C=O) groups is 1. The molecule has 1 unspecified atom stereocenters. The van der Waals surface area contributed by atoms with Gasteiger partial charge in [-0.2, -0.15) is 13.2 Å². The molecule has 0 amide bonds. The number of methoxy groups -OCH3 is 1. The van der Waals surface area contributed by atoms with Crippen molar-refractivity contribution in [1.82, 2.24) is 0 Å². The second-order valence-corrected chi connectivity index (χ2v) is 12.8. The molecule has 0 bridgehead atoms. The second-order valence-electron chi connectivity index (χ2n) is 10.9. The van der Waals surface area contributed by atoms with E-state index in [1.807, 2.05) is 42.5 Å². The Morgan fingerprint density at radius 1 is 1.00 bits per heavy atom. The van der Waals surface area contributed by atoms with E-state index in [4.69, 9.17) is 9.47 Å². The van der Waals surface area contributed by atoms with Crippen LogP contribution >= 0.6 is 0 Å². The SMILES string of the molecule is COc1ccc2ccccc2c1N1CC(c2ccc3c(c2)N(S(=O)(=O)c2cccc(C(F)(F)F)c2)CC(CCC(=O)O)O3)C1. The van der Waals surface area contributed by atoms with Crippen molar-refractivity contribution >= 4 is 38.1 Å². The molecule has 0 saturated carbocycles. The van der Waals surface area contributed by atoms with E-state index in [9.17, 15) is 31.5 Å². The average Bonchev–Trinajstić information content (AvgIpc) is 2.98. The minimum atomic E-state index is -4.73. The summed E-state index contributed by atoms with van der Waals surface area (Å²) in [6.45, 7) is 1.02. The third-order valence-corrected chi connectivity index (χ3v) is 9.87. The molecule has 0 radical (unpaired) electrons. The summed E-state index contributed by atoms with van der Waals surface area (Å²) >= 11 is 0. The van der Waals surface area contributed by atoms with Crippen LogP contribution in [0.2, 0.25) is 0 Å². The van der Waals surface area contributed by atoms with E-state index < -0.39 is 38.7 Å². The zero-order valence-corrected chi connectivity index (χ0v) is 24.4. The van der Waals surface area contributed by atoms with Crippen LogP contribution in [0.5, 0.6) is 11.5 Å². The van der Waals surface area contributed by atoms with Crippen molar-refractivity contribution in [2.24, 2.45) is 0 Å². The molecule has 44 heavy (non-hydrogen) atoms. The van der Waals surface area contributed by atoms with Gasteiger partial charge in [-0.05, 0) is 53.8 Å². The van der Waals surface area contributed by atoms with Gasteiger partial charge in [0.2, 0.25) is 0 Å². The van der Waals surface area contributed by atoms with Gasteiger partial charge in [0.15, 0.2) is 0 Å². The lowest BCUT2D eigenvalue weighted by Crippen LogP contribution is -2.46. The van der Waals surface area contributed by atoms with Crippen LogP contribution in [0.1, 0.15) is 29.9 Å². The highest BCUT2D eigenvalue weighted by atomic mass is 32.2. The number of fused-ring (bicyclic) bond motifs is 2. The van der Waals surface area contributed by atoms with Crippen molar-refractivity contribution in [3.05, 3.63) is 90.0 Å². The third kappa shape index (κ3) is 5.49. The molecule has 4 aromatic rings. The topological polar surface area (TPSA) is 96.4 Å². The van der Waals surface area contributed by atoms with Crippen LogP contribution in [0.3, 0.4) is 0 Å². The number of carboxylic acid groups (broad SMARTS) is 1. The number of benzene rings is 4. The van der Waals surface area contributed by atoms with Gasteiger partial charge in [0, 0.05) is 30.8 Å². The second kappa shape index (κ2) is 11.2. The Labute approximate surface area is 252 Å². The predicted molar refractivity (Wildman–Crippen MR) is 159 cm³/mol. The number of halogens is 3. The first kappa shape index (κ1) is 29.6. The molecule has 2 aliphatic heterocycles. The minimum absolute atomic E-state index is 0.0234. The fraction of sp³-hybridized carbons (Fsp3) is 0.281. The molecule has 2 aliphatic rings. The lowest BCUT2D eigenvalue weighted by molar-refractivity contribution is -0.138. The summed E-state index contributed by atoms with van der Waals surface area (Å²) in [4.78, 5) is 12.9. The Kier molecular flexibility index (Phi) is 7.56. The smallest absolute Gasteiger partial charge is 0.416 e. The van der Waals surface area contributed by atoms with Crippen LogP contribution in [0, 0.1) is 0 Å². The van der Waals surface area contributed by atoms with Crippen LogP contribution in [0.4, 0.5) is 24.5 Å². The molecule has 12 heteroatoms. The molecule has 0 aliphatic carbocycles. The number of ether oxygens (including phenoxy) is 2. The largest absolute Gasteiger partial charge is 0.495 e. The molecule has 4 aromatic carbocycles. The number of alkyl halides is 3. The third-order valence-electron chi connectivity index (χ3n) is 8.10. The number of sulfonamides is 1. The normalized spacial score (nSPS) is 17.1. The van der Waals surface area contributed by atoms with Crippen molar-refractivity contribution in [3.63, 3.8) is 0 Å². The van der Waals surface area contributed by atoms with Crippen LogP contribution in [0.25, 0.3) is 10.8 Å². The van der Waals surface area contributed by atoms with E-state index in [0.29, 0.717) is 19.2 Å². The molecule has 1 saturated heterocycles. The van der Waals surface area contributed by atoms with Crippen LogP contribution in [-0.2, 0) is 21.0 Å². The summed E-state index contributed by atoms with van der Waals surface area (Å²) in [5.74, 6) is -0.0733. The van der Waals surface area contributed by atoms with E-state index in [2.05, 4.69) is 4.90 Å². The lowest BCUT2D eigenvalue weighted by atomic mass is 9.89. The van der Waals surface area contributed by atoms with E-state index >= 15 is 0 Å². The molecular formula is C32H29F3N2O6S. The first-order chi connectivity index (χ1) is 21.0. The summed E-state index contributed by atoms with van der Waals surface area (Å²) < 4.78 is 80.8. The highest BCUT2D eigenvalue weighted by molar-refractivity contribution is 7.92. The number of hydrogen-bond acceptors (Lipinski definition) is 6. The fourth-order valence-corrected chi connectivity index (χ4v) is 7.35. The van der Waals surface area contributed by atoms with Crippen molar-refractivity contribution < 1.29 is 41.0 Å². The quantitative estimate of drug-likeness (QED) is 0.246. The summed E-state index contributed by atoms with van der Waals surface area (Å²) in [5.41, 5.74) is 0.934. The van der Waals surface area contributed by atoms with Crippen molar-refractivity contribution in [2.75, 3.05) is 35.9 Å². The first-order valence-electron chi connectivity index (χ1n) is 14.0. The van der Waals surface area contributed by atoms with Gasteiger partial charge in [-0.25, -0.2) is 8.42 Å². The van der Waals surface area contributed by atoms with Crippen molar-refractivity contribution in [1.29, 1.82) is 0 Å². The predicted octanol–water partition coefficient (Wildman–Crippen LogP) is 6.29. The molecular weight excluding hydrogens is 597 g/mol. The zero-order valence-electron chi connectivity index (χ0n) is 23.6. The standard InChI is InChI=1S/C32H29F3N2O6S/c1-42-29-13-9-20-5-2-3-8-26(20)31(29)36-17-22(18-36)21-10-12-28-27(15-21)37(19-24(43-28)11-14-30(38)39)44(40,41)25-7-4-6-23(16-25)32(33,34)35/h2-10,12-13,15-16,22,24H,11,14,17-19H2,1H3,(H,38,39). The summed E-state index contributed by atoms with van der Waals surface area (Å²) in [5, 5.41) is 11.3. The summed E-state index contributed by atoms with van der Waals surface area (Å²) in [6, 6.07) is 20.7. The van der Waals surface area contributed by atoms with Gasteiger partial charge < -0.3 is 19.5 Å². The maximum absolute atomic E-state index is 13.9. The number of rotatable bonds is 8. The van der Waals surface area contributed by atoms with Crippen LogP contribution in [0.15, 0.2) is 83.8 Å². The Morgan fingerprint density at radius 3 is 2.50 bits per heavy atom. The highest BCUT2D eigenvalue weighted by Gasteiger charge is 2.38. The molecule has 0 aromatic heterocycles. The molecule has 230 valence electrons. The number of aliphatic carboxylic acids is 1. The molecule has 2 heterocycles. The van der Waals surface area contributed by atoms with Gasteiger partial charge in [-0.1, -0.05) is 42.5 Å². The van der Waals surface area contributed by atoms with Crippen LogP contribution in [-0.4, -0.2) is 52.3 Å². The van der Waals surface area contributed by atoms with Gasteiger partial charge in [0.05, 0.1) is 35.5 Å². The molecule has 6 rings (SSSR count). The van der Waals surface area contributed by atoms with Gasteiger partial charge in [0.1, 0.15) is 17.6 Å². The zero-order chi connectivity index (χ0) is 31.2. The summed E-state index contributed by atoms with van der Waals surface area (Å²) in [6.07, 6.45) is -5.77. The van der Waals surface area contributed by atoms with Gasteiger partial charge in [-0.3, -0.25) is 9.10 Å². The van der Waals surface area contributed by atoms with Crippen LogP contribution < -0.4 is 18.7 Å². The maximum atomic E-state index is 13.9. The monoisotopic (exact) mass is 626 g/mol. The fourth-order valence-electron chi connectivity index (χ4n) is 5.80. The molecule has 8 nitrogen and oxygen atoms in total. The van der Waals surface area contributed by atoms with Gasteiger partial charge >= 0.3 is 12.1 Å². The Bertz CT molecular complexity index is 1840.